The first-order valence-electron chi connectivity index (χ1n) is 8.30. The zero-order chi connectivity index (χ0) is 17.5. The maximum atomic E-state index is 4.76. The summed E-state index contributed by atoms with van der Waals surface area (Å²) in [4.78, 5) is 11.5. The number of anilines is 2. The van der Waals surface area contributed by atoms with Crippen molar-refractivity contribution in [2.24, 2.45) is 0 Å². The van der Waals surface area contributed by atoms with Gasteiger partial charge in [0.1, 0.15) is 5.82 Å². The molecular weight excluding hydrogens is 308 g/mol. The Labute approximate surface area is 148 Å². The lowest BCUT2D eigenvalue weighted by Crippen LogP contribution is -2.20. The smallest absolute Gasteiger partial charge is 0.227 e. The topological polar surface area (TPSA) is 41.1 Å². The van der Waals surface area contributed by atoms with Gasteiger partial charge in [0.15, 0.2) is 0 Å². The van der Waals surface area contributed by atoms with Crippen LogP contribution in [0.15, 0.2) is 79.4 Å². The molecule has 0 aliphatic rings. The average Bonchev–Trinajstić information content (AvgIpc) is 2.67. The summed E-state index contributed by atoms with van der Waals surface area (Å²) in [6.45, 7) is 5.16. The summed E-state index contributed by atoms with van der Waals surface area (Å²) in [6.07, 6.45) is 1.82. The molecule has 1 heterocycles. The lowest BCUT2D eigenvalue weighted by Gasteiger charge is -2.19. The van der Waals surface area contributed by atoms with Gasteiger partial charge < -0.3 is 10.2 Å². The molecule has 0 atom stereocenters. The van der Waals surface area contributed by atoms with Crippen LogP contribution in [0.5, 0.6) is 0 Å². The summed E-state index contributed by atoms with van der Waals surface area (Å²) in [5.74, 6) is 1.49. The highest BCUT2D eigenvalue weighted by atomic mass is 15.2. The molecule has 2 aromatic carbocycles. The van der Waals surface area contributed by atoms with Gasteiger partial charge in [0.2, 0.25) is 5.95 Å². The van der Waals surface area contributed by atoms with E-state index >= 15 is 0 Å². The Balaban J connectivity index is 1.92. The monoisotopic (exact) mass is 330 g/mol. The molecule has 3 rings (SSSR count). The Hall–Kier alpha value is -3.14. The lowest BCUT2D eigenvalue weighted by molar-refractivity contribution is 0.868. The van der Waals surface area contributed by atoms with E-state index in [1.165, 1.54) is 5.56 Å². The molecule has 25 heavy (non-hydrogen) atoms. The van der Waals surface area contributed by atoms with Crippen LogP contribution in [0.3, 0.4) is 0 Å². The molecule has 0 aliphatic heterocycles. The van der Waals surface area contributed by atoms with E-state index in [2.05, 4.69) is 46.0 Å². The SMILES string of the molecule is C=CCNc1cc(-c2ccccc2)nc(N(C)Cc2ccccc2)n1. The van der Waals surface area contributed by atoms with Gasteiger partial charge in [0.25, 0.3) is 0 Å². The molecule has 126 valence electrons. The molecule has 3 aromatic rings. The molecule has 1 N–H and O–H groups in total. The first kappa shape index (κ1) is 16.7. The van der Waals surface area contributed by atoms with E-state index in [1.807, 2.05) is 55.6 Å². The number of hydrogen-bond acceptors (Lipinski definition) is 4. The summed E-state index contributed by atoms with van der Waals surface area (Å²) in [5.41, 5.74) is 3.19. The van der Waals surface area contributed by atoms with E-state index in [4.69, 9.17) is 4.98 Å². The van der Waals surface area contributed by atoms with Crippen molar-refractivity contribution in [1.82, 2.24) is 9.97 Å². The largest absolute Gasteiger partial charge is 0.366 e. The molecule has 4 nitrogen and oxygen atoms in total. The van der Waals surface area contributed by atoms with Gasteiger partial charge in [-0.25, -0.2) is 4.98 Å². The molecule has 0 fully saturated rings. The summed E-state index contributed by atoms with van der Waals surface area (Å²) in [6, 6.07) is 22.4. The normalized spacial score (nSPS) is 10.3. The van der Waals surface area contributed by atoms with Crippen molar-refractivity contribution in [2.45, 2.75) is 6.54 Å². The molecule has 0 amide bonds. The number of aromatic nitrogens is 2. The molecule has 0 saturated heterocycles. The van der Waals surface area contributed by atoms with Crippen molar-refractivity contribution in [3.63, 3.8) is 0 Å². The first-order valence-corrected chi connectivity index (χ1v) is 8.30. The Morgan fingerprint density at radius 3 is 2.36 bits per heavy atom. The van der Waals surface area contributed by atoms with Crippen molar-refractivity contribution in [2.75, 3.05) is 23.8 Å². The number of nitrogens with one attached hydrogen (secondary N) is 1. The number of benzene rings is 2. The zero-order valence-corrected chi connectivity index (χ0v) is 14.4. The quantitative estimate of drug-likeness (QED) is 0.653. The van der Waals surface area contributed by atoms with Gasteiger partial charge in [0, 0.05) is 31.8 Å². The highest BCUT2D eigenvalue weighted by Gasteiger charge is 2.10. The fraction of sp³-hybridized carbons (Fsp3) is 0.143. The van der Waals surface area contributed by atoms with Crippen LogP contribution in [0.1, 0.15) is 5.56 Å². The van der Waals surface area contributed by atoms with E-state index in [1.54, 1.807) is 0 Å². The van der Waals surface area contributed by atoms with Crippen LogP contribution in [0.25, 0.3) is 11.3 Å². The van der Waals surface area contributed by atoms with E-state index in [9.17, 15) is 0 Å². The third-order valence-electron chi connectivity index (χ3n) is 3.82. The highest BCUT2D eigenvalue weighted by molar-refractivity contribution is 5.64. The Morgan fingerprint density at radius 2 is 1.68 bits per heavy atom. The van der Waals surface area contributed by atoms with Crippen LogP contribution in [-0.4, -0.2) is 23.6 Å². The van der Waals surface area contributed by atoms with E-state index in [0.29, 0.717) is 12.5 Å². The average molecular weight is 330 g/mol. The van der Waals surface area contributed by atoms with Gasteiger partial charge >= 0.3 is 0 Å². The summed E-state index contributed by atoms with van der Waals surface area (Å²) < 4.78 is 0. The molecule has 0 spiro atoms. The standard InChI is InChI=1S/C21H22N4/c1-3-14-22-20-15-19(18-12-8-5-9-13-18)23-21(24-20)25(2)16-17-10-6-4-7-11-17/h3-13,15H,1,14,16H2,2H3,(H,22,23,24). The van der Waals surface area contributed by atoms with Gasteiger partial charge in [-0.3, -0.25) is 0 Å². The molecule has 0 radical (unpaired) electrons. The lowest BCUT2D eigenvalue weighted by atomic mass is 10.1. The maximum absolute atomic E-state index is 4.76. The number of nitrogens with zero attached hydrogens (tertiary/aromatic N) is 3. The second-order valence-corrected chi connectivity index (χ2v) is 5.82. The summed E-state index contributed by atoms with van der Waals surface area (Å²) in [7, 11) is 2.01. The van der Waals surface area contributed by atoms with E-state index in [0.717, 1.165) is 23.6 Å². The van der Waals surface area contributed by atoms with E-state index < -0.39 is 0 Å². The highest BCUT2D eigenvalue weighted by Crippen LogP contribution is 2.23. The predicted octanol–water partition coefficient (Wildman–Crippen LogP) is 4.38. The fourth-order valence-electron chi connectivity index (χ4n) is 2.56. The van der Waals surface area contributed by atoms with Crippen molar-refractivity contribution < 1.29 is 0 Å². The van der Waals surface area contributed by atoms with Crippen molar-refractivity contribution >= 4 is 11.8 Å². The molecule has 0 bridgehead atoms. The Bertz CT molecular complexity index is 816. The van der Waals surface area contributed by atoms with Gasteiger partial charge in [-0.2, -0.15) is 4.98 Å². The van der Waals surface area contributed by atoms with Gasteiger partial charge in [0.05, 0.1) is 5.69 Å². The molecule has 1 aromatic heterocycles. The zero-order valence-electron chi connectivity index (χ0n) is 14.4. The number of rotatable bonds is 7. The Kier molecular flexibility index (Phi) is 5.42. The van der Waals surface area contributed by atoms with Crippen molar-refractivity contribution in [3.05, 3.63) is 84.9 Å². The van der Waals surface area contributed by atoms with Crippen LogP contribution in [-0.2, 0) is 6.54 Å². The Morgan fingerprint density at radius 1 is 1.00 bits per heavy atom. The first-order chi connectivity index (χ1) is 12.3. The minimum atomic E-state index is 0.660. The van der Waals surface area contributed by atoms with Crippen LogP contribution >= 0.6 is 0 Å². The van der Waals surface area contributed by atoms with E-state index in [-0.39, 0.29) is 0 Å². The summed E-state index contributed by atoms with van der Waals surface area (Å²) in [5, 5.41) is 3.27. The molecule has 4 heteroatoms. The number of hydrogen-bond donors (Lipinski definition) is 1. The molecule has 0 unspecified atom stereocenters. The van der Waals surface area contributed by atoms with Gasteiger partial charge in [-0.1, -0.05) is 66.7 Å². The van der Waals surface area contributed by atoms with Crippen molar-refractivity contribution in [3.8, 4) is 11.3 Å². The minimum Gasteiger partial charge on any atom is -0.366 e. The van der Waals surface area contributed by atoms with Crippen LogP contribution < -0.4 is 10.2 Å². The van der Waals surface area contributed by atoms with Crippen molar-refractivity contribution in [1.29, 1.82) is 0 Å². The minimum absolute atomic E-state index is 0.660. The molecule has 0 saturated carbocycles. The third-order valence-corrected chi connectivity index (χ3v) is 3.82. The maximum Gasteiger partial charge on any atom is 0.227 e. The fourth-order valence-corrected chi connectivity index (χ4v) is 2.56. The van der Waals surface area contributed by atoms with Crippen LogP contribution in [0.4, 0.5) is 11.8 Å². The van der Waals surface area contributed by atoms with Crippen LogP contribution in [0, 0.1) is 0 Å². The summed E-state index contributed by atoms with van der Waals surface area (Å²) >= 11 is 0. The second kappa shape index (κ2) is 8.11. The van der Waals surface area contributed by atoms with Gasteiger partial charge in [-0.05, 0) is 5.56 Å². The van der Waals surface area contributed by atoms with Crippen LogP contribution in [0.2, 0.25) is 0 Å². The molecule has 0 aliphatic carbocycles. The molecular formula is C21H22N4. The van der Waals surface area contributed by atoms with Gasteiger partial charge in [-0.15, -0.1) is 6.58 Å². The predicted molar refractivity (Wildman–Crippen MR) is 105 cm³/mol. The third kappa shape index (κ3) is 4.44. The second-order valence-electron chi connectivity index (χ2n) is 5.82.